The van der Waals surface area contributed by atoms with Crippen molar-refractivity contribution in [2.45, 2.75) is 45.6 Å². The quantitative estimate of drug-likeness (QED) is 0.692. The van der Waals surface area contributed by atoms with Crippen LogP contribution >= 0.6 is 0 Å². The maximum Gasteiger partial charge on any atom is 0.208 e. The molecule has 2 N–H and O–H groups in total. The molecule has 5 heteroatoms. The molecule has 0 spiro atoms. The van der Waals surface area contributed by atoms with Crippen molar-refractivity contribution in [1.82, 2.24) is 10.0 Å². The average Bonchev–Trinajstić information content (AvgIpc) is 2.43. The molecule has 0 bridgehead atoms. The molecule has 16 heavy (non-hydrogen) atoms. The van der Waals surface area contributed by atoms with E-state index in [-0.39, 0.29) is 0 Å². The van der Waals surface area contributed by atoms with E-state index in [1.807, 2.05) is 0 Å². The van der Waals surface area contributed by atoms with Gasteiger partial charge in [-0.2, -0.15) is 0 Å². The molecule has 1 unspecified atom stereocenters. The monoisotopic (exact) mass is 248 g/mol. The fourth-order valence-corrected chi connectivity index (χ4v) is 2.84. The molecule has 1 saturated carbocycles. The van der Waals surface area contributed by atoms with Crippen molar-refractivity contribution >= 4 is 10.0 Å². The zero-order chi connectivity index (χ0) is 12.2. The van der Waals surface area contributed by atoms with Gasteiger partial charge in [0.05, 0.1) is 6.26 Å². The molecule has 96 valence electrons. The molecule has 4 nitrogen and oxygen atoms in total. The van der Waals surface area contributed by atoms with Crippen LogP contribution in [0.15, 0.2) is 0 Å². The SMILES string of the molecule is CC1(C)CCCC1NCCCNS(C)(=O)=O. The summed E-state index contributed by atoms with van der Waals surface area (Å²) in [7, 11) is -3.02. The molecule has 1 fully saturated rings. The largest absolute Gasteiger partial charge is 0.313 e. The molecule has 1 rings (SSSR count). The summed E-state index contributed by atoms with van der Waals surface area (Å²) >= 11 is 0. The van der Waals surface area contributed by atoms with Gasteiger partial charge in [-0.25, -0.2) is 13.1 Å². The van der Waals surface area contributed by atoms with Gasteiger partial charge in [-0.1, -0.05) is 20.3 Å². The Morgan fingerprint density at radius 3 is 2.50 bits per heavy atom. The number of rotatable bonds is 6. The van der Waals surface area contributed by atoms with Crippen molar-refractivity contribution in [1.29, 1.82) is 0 Å². The van der Waals surface area contributed by atoms with Crippen LogP contribution in [0.25, 0.3) is 0 Å². The van der Waals surface area contributed by atoms with Crippen LogP contribution in [0.2, 0.25) is 0 Å². The maximum absolute atomic E-state index is 10.8. The van der Waals surface area contributed by atoms with E-state index >= 15 is 0 Å². The fourth-order valence-electron chi connectivity index (χ4n) is 2.33. The van der Waals surface area contributed by atoms with Gasteiger partial charge in [-0.05, 0) is 31.2 Å². The van der Waals surface area contributed by atoms with Crippen molar-refractivity contribution in [3.8, 4) is 0 Å². The van der Waals surface area contributed by atoms with Crippen LogP contribution in [0, 0.1) is 5.41 Å². The van der Waals surface area contributed by atoms with Gasteiger partial charge in [0.15, 0.2) is 0 Å². The highest BCUT2D eigenvalue weighted by Gasteiger charge is 2.33. The van der Waals surface area contributed by atoms with Gasteiger partial charge in [-0.15, -0.1) is 0 Å². The first-order chi connectivity index (χ1) is 7.31. The van der Waals surface area contributed by atoms with E-state index in [4.69, 9.17) is 0 Å². The predicted molar refractivity (Wildman–Crippen MR) is 66.9 cm³/mol. The molecule has 1 aliphatic carbocycles. The Kier molecular flexibility index (Phi) is 4.76. The smallest absolute Gasteiger partial charge is 0.208 e. The van der Waals surface area contributed by atoms with E-state index in [9.17, 15) is 8.42 Å². The van der Waals surface area contributed by atoms with Crippen molar-refractivity contribution in [2.75, 3.05) is 19.3 Å². The summed E-state index contributed by atoms with van der Waals surface area (Å²) < 4.78 is 24.1. The molecule has 0 aromatic heterocycles. The van der Waals surface area contributed by atoms with Gasteiger partial charge in [0, 0.05) is 12.6 Å². The van der Waals surface area contributed by atoms with E-state index < -0.39 is 10.0 Å². The van der Waals surface area contributed by atoms with Crippen molar-refractivity contribution in [3.63, 3.8) is 0 Å². The van der Waals surface area contributed by atoms with E-state index in [1.54, 1.807) is 0 Å². The second kappa shape index (κ2) is 5.47. The van der Waals surface area contributed by atoms with E-state index in [0.717, 1.165) is 13.0 Å². The molecule has 0 amide bonds. The number of hydrogen-bond donors (Lipinski definition) is 2. The maximum atomic E-state index is 10.8. The van der Waals surface area contributed by atoms with Gasteiger partial charge >= 0.3 is 0 Å². The van der Waals surface area contributed by atoms with Crippen LogP contribution < -0.4 is 10.0 Å². The van der Waals surface area contributed by atoms with E-state index in [1.165, 1.54) is 25.5 Å². The Bertz CT molecular complexity index is 312. The highest BCUT2D eigenvalue weighted by atomic mass is 32.2. The highest BCUT2D eigenvalue weighted by Crippen LogP contribution is 2.36. The molecule has 1 aliphatic rings. The van der Waals surface area contributed by atoms with Crippen LogP contribution in [0.3, 0.4) is 0 Å². The van der Waals surface area contributed by atoms with Crippen LogP contribution in [0.5, 0.6) is 0 Å². The molecular formula is C11H24N2O2S. The molecule has 0 aromatic rings. The lowest BCUT2D eigenvalue weighted by molar-refractivity contribution is 0.284. The normalized spacial score (nSPS) is 24.8. The predicted octanol–water partition coefficient (Wildman–Crippen LogP) is 1.09. The second-order valence-corrected chi connectivity index (χ2v) is 7.24. The summed E-state index contributed by atoms with van der Waals surface area (Å²) in [6.07, 6.45) is 5.87. The third-order valence-corrected chi connectivity index (χ3v) is 4.09. The Morgan fingerprint density at radius 1 is 1.31 bits per heavy atom. The summed E-state index contributed by atoms with van der Waals surface area (Å²) in [5, 5.41) is 3.52. The third kappa shape index (κ3) is 4.80. The first-order valence-electron chi connectivity index (χ1n) is 5.99. The fraction of sp³-hybridized carbons (Fsp3) is 1.00. The highest BCUT2D eigenvalue weighted by molar-refractivity contribution is 7.88. The zero-order valence-electron chi connectivity index (χ0n) is 10.5. The lowest BCUT2D eigenvalue weighted by Crippen LogP contribution is -2.39. The standard InChI is InChI=1S/C11H24N2O2S/c1-11(2)7-4-6-10(11)12-8-5-9-13-16(3,14)15/h10,12-13H,4-9H2,1-3H3. The first kappa shape index (κ1) is 13.9. The van der Waals surface area contributed by atoms with Crippen molar-refractivity contribution in [3.05, 3.63) is 0 Å². The summed E-state index contributed by atoms with van der Waals surface area (Å²) in [5.41, 5.74) is 0.393. The van der Waals surface area contributed by atoms with Gasteiger partial charge < -0.3 is 5.32 Å². The lowest BCUT2D eigenvalue weighted by Gasteiger charge is -2.28. The molecule has 0 aromatic carbocycles. The number of nitrogens with one attached hydrogen (secondary N) is 2. The summed E-state index contributed by atoms with van der Waals surface area (Å²) in [6, 6.07) is 0.589. The molecule has 0 saturated heterocycles. The Labute approximate surface area is 99.2 Å². The van der Waals surface area contributed by atoms with E-state index in [0.29, 0.717) is 18.0 Å². The van der Waals surface area contributed by atoms with E-state index in [2.05, 4.69) is 23.9 Å². The minimum Gasteiger partial charge on any atom is -0.313 e. The van der Waals surface area contributed by atoms with Gasteiger partial charge in [0.1, 0.15) is 0 Å². The van der Waals surface area contributed by atoms with Crippen molar-refractivity contribution < 1.29 is 8.42 Å². The molecule has 0 aliphatic heterocycles. The van der Waals surface area contributed by atoms with Gasteiger partial charge in [0.25, 0.3) is 0 Å². The summed E-state index contributed by atoms with van der Waals surface area (Å²) in [6.45, 7) is 6.01. The molecule has 0 radical (unpaired) electrons. The Balaban J connectivity index is 2.12. The third-order valence-electron chi connectivity index (χ3n) is 3.37. The number of sulfonamides is 1. The Morgan fingerprint density at radius 2 is 2.00 bits per heavy atom. The summed E-state index contributed by atoms with van der Waals surface area (Å²) in [5.74, 6) is 0. The molecule has 1 atom stereocenters. The average molecular weight is 248 g/mol. The molecular weight excluding hydrogens is 224 g/mol. The van der Waals surface area contributed by atoms with Crippen LogP contribution in [0.4, 0.5) is 0 Å². The Hall–Kier alpha value is -0.130. The van der Waals surface area contributed by atoms with Crippen LogP contribution in [0.1, 0.15) is 39.5 Å². The van der Waals surface area contributed by atoms with Gasteiger partial charge in [0.2, 0.25) is 10.0 Å². The summed E-state index contributed by atoms with van der Waals surface area (Å²) in [4.78, 5) is 0. The van der Waals surface area contributed by atoms with Crippen LogP contribution in [-0.2, 0) is 10.0 Å². The minimum absolute atomic E-state index is 0.393. The lowest BCUT2D eigenvalue weighted by atomic mass is 9.87. The minimum atomic E-state index is -3.02. The topological polar surface area (TPSA) is 58.2 Å². The zero-order valence-corrected chi connectivity index (χ0v) is 11.4. The number of hydrogen-bond acceptors (Lipinski definition) is 3. The first-order valence-corrected chi connectivity index (χ1v) is 7.88. The van der Waals surface area contributed by atoms with Crippen molar-refractivity contribution in [2.24, 2.45) is 5.41 Å². The van der Waals surface area contributed by atoms with Crippen LogP contribution in [-0.4, -0.2) is 33.8 Å². The second-order valence-electron chi connectivity index (χ2n) is 5.41. The molecule has 0 heterocycles. The van der Waals surface area contributed by atoms with Gasteiger partial charge in [-0.3, -0.25) is 0 Å².